The van der Waals surface area contributed by atoms with Crippen LogP contribution in [0.15, 0.2) is 60.7 Å². The molecular formula is C34H41N5O4. The Balaban J connectivity index is 1.11. The summed E-state index contributed by atoms with van der Waals surface area (Å²) in [5.41, 5.74) is 2.12. The molecule has 226 valence electrons. The number of nitrogens with zero attached hydrogens (tertiary/aromatic N) is 3. The Kier molecular flexibility index (Phi) is 8.34. The number of hydrogen-bond donors (Lipinski definition) is 2. The van der Waals surface area contributed by atoms with E-state index in [-0.39, 0.29) is 30.3 Å². The topological polar surface area (TPSA) is 102 Å². The third-order valence-corrected chi connectivity index (χ3v) is 9.46. The van der Waals surface area contributed by atoms with Gasteiger partial charge in [-0.25, -0.2) is 4.79 Å². The summed E-state index contributed by atoms with van der Waals surface area (Å²) in [5.74, 6) is -0.363. The Morgan fingerprint density at radius 2 is 1.86 bits per heavy atom. The first-order valence-electron chi connectivity index (χ1n) is 15.6. The van der Waals surface area contributed by atoms with Crippen molar-refractivity contribution >= 4 is 29.4 Å². The van der Waals surface area contributed by atoms with Crippen molar-refractivity contribution < 1.29 is 19.2 Å². The molecule has 1 spiro atoms. The van der Waals surface area contributed by atoms with E-state index in [1.54, 1.807) is 12.1 Å². The highest BCUT2D eigenvalue weighted by Gasteiger charge is 2.56. The van der Waals surface area contributed by atoms with Crippen LogP contribution in [0.2, 0.25) is 0 Å². The molecule has 2 aliphatic heterocycles. The lowest BCUT2D eigenvalue weighted by molar-refractivity contribution is -0.141. The van der Waals surface area contributed by atoms with Gasteiger partial charge in [0, 0.05) is 30.9 Å². The van der Waals surface area contributed by atoms with Crippen molar-refractivity contribution in [1.29, 1.82) is 0 Å². The summed E-state index contributed by atoms with van der Waals surface area (Å²) in [5, 5.41) is 5.85. The van der Waals surface area contributed by atoms with Crippen LogP contribution in [0.5, 0.6) is 0 Å². The quantitative estimate of drug-likeness (QED) is 0.323. The number of likely N-dealkylation sites (tertiary alicyclic amines) is 1. The molecule has 5 amide bonds. The van der Waals surface area contributed by atoms with Gasteiger partial charge in [-0.15, -0.1) is 0 Å². The number of nitrogens with one attached hydrogen (secondary N) is 2. The predicted octanol–water partition coefficient (Wildman–Crippen LogP) is 4.19. The molecule has 2 heterocycles. The lowest BCUT2D eigenvalue weighted by Gasteiger charge is -2.31. The molecule has 0 aromatic heterocycles. The third kappa shape index (κ3) is 6.22. The van der Waals surface area contributed by atoms with E-state index in [0.29, 0.717) is 31.0 Å². The van der Waals surface area contributed by atoms with Crippen molar-refractivity contribution in [3.05, 3.63) is 77.4 Å². The molecule has 2 saturated heterocycles. The summed E-state index contributed by atoms with van der Waals surface area (Å²) in [6.07, 6.45) is 10.3. The van der Waals surface area contributed by atoms with Gasteiger partial charge < -0.3 is 15.5 Å². The summed E-state index contributed by atoms with van der Waals surface area (Å²) < 4.78 is 0. The Morgan fingerprint density at radius 1 is 1.09 bits per heavy atom. The van der Waals surface area contributed by atoms with Crippen LogP contribution < -0.4 is 10.6 Å². The number of hydrogen-bond acceptors (Lipinski definition) is 5. The SMILES string of the molecule is C[C@@H](C1CC1)N(Cc1ccccc1)C(=O)CN1C(=O)NC2(CCc3cc(NC(=O)C=CCN4CCCCC4)ccc32)C1=O. The summed E-state index contributed by atoms with van der Waals surface area (Å²) in [6.45, 7) is 5.13. The number of piperidine rings is 1. The van der Waals surface area contributed by atoms with E-state index in [4.69, 9.17) is 0 Å². The minimum Gasteiger partial charge on any atom is -0.334 e. The maximum atomic E-state index is 13.8. The zero-order valence-corrected chi connectivity index (χ0v) is 24.9. The van der Waals surface area contributed by atoms with Crippen molar-refractivity contribution in [2.45, 2.75) is 70.0 Å². The Hall–Kier alpha value is -3.98. The Bertz CT molecular complexity index is 1420. The highest BCUT2D eigenvalue weighted by molar-refractivity contribution is 6.10. The standard InChI is InChI=1S/C34H41N5O4/c1-24(26-12-13-26)38(22-25-9-4-2-5-10-25)31(41)23-39-32(42)34(36-33(39)43)17-16-27-21-28(14-15-29(27)34)35-30(40)11-8-20-37-18-6-3-7-19-37/h2,4-5,8-11,14-15,21,24,26H,3,6-7,12-13,16-20,22-23H2,1H3,(H,35,40)(H,36,43)/t24-,34?/m0/s1. The van der Waals surface area contributed by atoms with Gasteiger partial charge in [-0.1, -0.05) is 48.9 Å². The zero-order chi connectivity index (χ0) is 30.0. The van der Waals surface area contributed by atoms with E-state index in [1.165, 1.54) is 19.3 Å². The summed E-state index contributed by atoms with van der Waals surface area (Å²) in [6, 6.07) is 14.8. The molecule has 1 unspecified atom stereocenters. The van der Waals surface area contributed by atoms with Gasteiger partial charge in [0.1, 0.15) is 12.1 Å². The molecule has 0 radical (unpaired) electrons. The minimum absolute atomic E-state index is 0.0304. The number of carbonyl (C=O) groups is 4. The van der Waals surface area contributed by atoms with Gasteiger partial charge in [-0.05, 0) is 93.3 Å². The molecule has 3 fully saturated rings. The number of fused-ring (bicyclic) bond motifs is 2. The fourth-order valence-corrected chi connectivity index (χ4v) is 6.81. The monoisotopic (exact) mass is 583 g/mol. The molecule has 9 heteroatoms. The van der Waals surface area contributed by atoms with E-state index < -0.39 is 11.6 Å². The van der Waals surface area contributed by atoms with E-state index in [2.05, 4.69) is 22.5 Å². The molecule has 2 atom stereocenters. The normalized spacial score (nSPS) is 22.6. The maximum Gasteiger partial charge on any atom is 0.325 e. The van der Waals surface area contributed by atoms with E-state index in [9.17, 15) is 19.2 Å². The number of anilines is 1. The molecule has 2 aromatic carbocycles. The first kappa shape index (κ1) is 29.1. The predicted molar refractivity (Wildman–Crippen MR) is 164 cm³/mol. The van der Waals surface area contributed by atoms with Crippen molar-refractivity contribution in [3.8, 4) is 0 Å². The van der Waals surface area contributed by atoms with Crippen LogP contribution in [-0.4, -0.2) is 70.7 Å². The molecule has 0 bridgehead atoms. The van der Waals surface area contributed by atoms with Gasteiger partial charge in [0.2, 0.25) is 11.8 Å². The molecule has 4 aliphatic rings. The highest BCUT2D eigenvalue weighted by Crippen LogP contribution is 2.42. The van der Waals surface area contributed by atoms with Crippen LogP contribution in [-0.2, 0) is 32.9 Å². The van der Waals surface area contributed by atoms with Crippen LogP contribution >= 0.6 is 0 Å². The van der Waals surface area contributed by atoms with Crippen molar-refractivity contribution in [3.63, 3.8) is 0 Å². The van der Waals surface area contributed by atoms with E-state index in [0.717, 1.165) is 54.1 Å². The van der Waals surface area contributed by atoms with Crippen molar-refractivity contribution in [2.24, 2.45) is 5.92 Å². The zero-order valence-electron chi connectivity index (χ0n) is 24.9. The van der Waals surface area contributed by atoms with Crippen LogP contribution in [0.1, 0.15) is 62.1 Å². The van der Waals surface area contributed by atoms with Gasteiger partial charge in [0.05, 0.1) is 0 Å². The first-order valence-corrected chi connectivity index (χ1v) is 15.6. The molecular weight excluding hydrogens is 542 g/mol. The number of aryl methyl sites for hydroxylation is 1. The second-order valence-electron chi connectivity index (χ2n) is 12.4. The largest absolute Gasteiger partial charge is 0.334 e. The van der Waals surface area contributed by atoms with Gasteiger partial charge in [-0.2, -0.15) is 0 Å². The average molecular weight is 584 g/mol. The lowest BCUT2D eigenvalue weighted by Crippen LogP contribution is -2.47. The molecule has 6 rings (SSSR count). The summed E-state index contributed by atoms with van der Waals surface area (Å²) >= 11 is 0. The van der Waals surface area contributed by atoms with E-state index >= 15 is 0 Å². The fraction of sp³-hybridized carbons (Fsp3) is 0.471. The minimum atomic E-state index is -1.18. The van der Waals surface area contributed by atoms with Crippen molar-refractivity contribution in [1.82, 2.24) is 20.0 Å². The lowest BCUT2D eigenvalue weighted by atomic mass is 9.91. The summed E-state index contributed by atoms with van der Waals surface area (Å²) in [4.78, 5) is 58.4. The maximum absolute atomic E-state index is 13.8. The first-order chi connectivity index (χ1) is 20.8. The third-order valence-electron chi connectivity index (χ3n) is 9.46. The van der Waals surface area contributed by atoms with Gasteiger partial charge >= 0.3 is 6.03 Å². The van der Waals surface area contributed by atoms with Crippen LogP contribution in [0.4, 0.5) is 10.5 Å². The van der Waals surface area contributed by atoms with E-state index in [1.807, 2.05) is 53.4 Å². The second-order valence-corrected chi connectivity index (χ2v) is 12.4. The number of urea groups is 1. The molecule has 2 aliphatic carbocycles. The van der Waals surface area contributed by atoms with Gasteiger partial charge in [0.25, 0.3) is 5.91 Å². The number of imide groups is 1. The van der Waals surface area contributed by atoms with Gasteiger partial charge in [0.15, 0.2) is 0 Å². The number of amides is 5. The molecule has 9 nitrogen and oxygen atoms in total. The highest BCUT2D eigenvalue weighted by atomic mass is 16.2. The number of carbonyl (C=O) groups excluding carboxylic acids is 4. The molecule has 1 saturated carbocycles. The fourth-order valence-electron chi connectivity index (χ4n) is 6.81. The summed E-state index contributed by atoms with van der Waals surface area (Å²) in [7, 11) is 0. The molecule has 43 heavy (non-hydrogen) atoms. The number of rotatable bonds is 10. The Labute approximate surface area is 253 Å². The van der Waals surface area contributed by atoms with Crippen LogP contribution in [0, 0.1) is 5.92 Å². The van der Waals surface area contributed by atoms with Gasteiger partial charge in [-0.3, -0.25) is 24.2 Å². The number of benzene rings is 2. The molecule has 2 N–H and O–H groups in total. The second kappa shape index (κ2) is 12.3. The average Bonchev–Trinajstić information content (AvgIpc) is 3.77. The van der Waals surface area contributed by atoms with Crippen LogP contribution in [0.25, 0.3) is 0 Å². The smallest absolute Gasteiger partial charge is 0.325 e. The Morgan fingerprint density at radius 3 is 2.60 bits per heavy atom. The van der Waals surface area contributed by atoms with Crippen molar-refractivity contribution in [2.75, 3.05) is 31.5 Å². The molecule has 2 aromatic rings. The van der Waals surface area contributed by atoms with Crippen LogP contribution in [0.3, 0.4) is 0 Å².